The van der Waals surface area contributed by atoms with Gasteiger partial charge in [0.2, 0.25) is 0 Å². The van der Waals surface area contributed by atoms with Crippen molar-refractivity contribution in [2.24, 2.45) is 11.8 Å². The van der Waals surface area contributed by atoms with Gasteiger partial charge >= 0.3 is 12.5 Å². The van der Waals surface area contributed by atoms with E-state index in [4.69, 9.17) is 4.74 Å². The molecule has 1 aromatic carbocycles. The molecule has 144 valence electrons. The lowest BCUT2D eigenvalue weighted by Crippen LogP contribution is -2.33. The largest absolute Gasteiger partial charge is 0.573 e. The van der Waals surface area contributed by atoms with Crippen molar-refractivity contribution in [3.63, 3.8) is 0 Å². The zero-order chi connectivity index (χ0) is 18.7. The number of benzene rings is 1. The van der Waals surface area contributed by atoms with Crippen molar-refractivity contribution in [1.29, 1.82) is 0 Å². The molecule has 0 spiro atoms. The summed E-state index contributed by atoms with van der Waals surface area (Å²) in [5.41, 5.74) is -0.0104. The summed E-state index contributed by atoms with van der Waals surface area (Å²) in [6, 6.07) is 2.72. The Hall–Kier alpha value is -2.03. The number of fused-ring (bicyclic) bond motifs is 1. The minimum absolute atomic E-state index is 0.0104. The minimum Gasteiger partial charge on any atom is -0.444 e. The van der Waals surface area contributed by atoms with E-state index in [1.807, 2.05) is 0 Å². The number of nitrogens with zero attached hydrogens (tertiary/aromatic N) is 1. The Balaban J connectivity index is 1.52. The van der Waals surface area contributed by atoms with Gasteiger partial charge in [-0.1, -0.05) is 0 Å². The van der Waals surface area contributed by atoms with Gasteiger partial charge in [-0.15, -0.1) is 13.2 Å². The average molecular weight is 376 g/mol. The Bertz CT molecular complexity index is 639. The number of halogens is 4. The zero-order valence-electron chi connectivity index (χ0n) is 14.0. The normalized spacial score (nSPS) is 23.3. The number of ether oxygens (including phenoxy) is 2. The molecule has 2 unspecified atom stereocenters. The molecule has 1 N–H and O–H groups in total. The monoisotopic (exact) mass is 376 g/mol. The predicted octanol–water partition coefficient (Wildman–Crippen LogP) is 3.29. The van der Waals surface area contributed by atoms with Crippen LogP contribution >= 0.6 is 0 Å². The van der Waals surface area contributed by atoms with Crippen molar-refractivity contribution in [3.8, 4) is 5.75 Å². The van der Waals surface area contributed by atoms with E-state index in [0.29, 0.717) is 31.0 Å². The Labute approximate surface area is 148 Å². The van der Waals surface area contributed by atoms with E-state index in [2.05, 4.69) is 10.1 Å². The van der Waals surface area contributed by atoms with E-state index >= 15 is 0 Å². The Morgan fingerprint density at radius 1 is 1.19 bits per heavy atom. The molecule has 2 saturated heterocycles. The summed E-state index contributed by atoms with van der Waals surface area (Å²) in [5.74, 6) is -0.452. The van der Waals surface area contributed by atoms with E-state index in [-0.39, 0.29) is 12.2 Å². The summed E-state index contributed by atoms with van der Waals surface area (Å²) < 4.78 is 59.0. The van der Waals surface area contributed by atoms with Crippen LogP contribution in [0.25, 0.3) is 0 Å². The van der Waals surface area contributed by atoms with E-state index in [1.165, 1.54) is 0 Å². The number of hydrogen-bond donors (Lipinski definition) is 1. The first-order valence-electron chi connectivity index (χ1n) is 8.48. The van der Waals surface area contributed by atoms with Crippen LogP contribution in [-0.2, 0) is 11.3 Å². The summed E-state index contributed by atoms with van der Waals surface area (Å²) >= 11 is 0. The van der Waals surface area contributed by atoms with Crippen LogP contribution < -0.4 is 10.1 Å². The van der Waals surface area contributed by atoms with Crippen LogP contribution in [-0.4, -0.2) is 43.5 Å². The molecule has 3 rings (SSSR count). The molecule has 0 radical (unpaired) electrons. The summed E-state index contributed by atoms with van der Waals surface area (Å²) in [4.78, 5) is 13.8. The second kappa shape index (κ2) is 7.69. The number of likely N-dealkylation sites (tertiary alicyclic amines) is 1. The third kappa shape index (κ3) is 4.78. The number of nitrogens with one attached hydrogen (secondary N) is 1. The van der Waals surface area contributed by atoms with E-state index in [0.717, 1.165) is 38.1 Å². The molecular formula is C17H20F4N2O3. The van der Waals surface area contributed by atoms with Crippen LogP contribution in [0, 0.1) is 17.7 Å². The first-order valence-corrected chi connectivity index (χ1v) is 8.48. The van der Waals surface area contributed by atoms with Gasteiger partial charge in [0.05, 0.1) is 0 Å². The fraction of sp³-hybridized carbons (Fsp3) is 0.588. The topological polar surface area (TPSA) is 50.8 Å². The number of carbonyl (C=O) groups excluding carboxylic acids is 1. The highest BCUT2D eigenvalue weighted by Gasteiger charge is 2.32. The van der Waals surface area contributed by atoms with Gasteiger partial charge in [0, 0.05) is 24.7 Å². The summed E-state index contributed by atoms with van der Waals surface area (Å²) in [7, 11) is 0. The molecule has 9 heteroatoms. The highest BCUT2D eigenvalue weighted by Crippen LogP contribution is 2.28. The van der Waals surface area contributed by atoms with Crippen LogP contribution in [0.1, 0.15) is 18.4 Å². The Kier molecular flexibility index (Phi) is 5.55. The molecule has 2 atom stereocenters. The maximum atomic E-state index is 13.9. The van der Waals surface area contributed by atoms with Crippen LogP contribution in [0.3, 0.4) is 0 Å². The van der Waals surface area contributed by atoms with Gasteiger partial charge < -0.3 is 19.7 Å². The average Bonchev–Trinajstić information content (AvgIpc) is 2.91. The lowest BCUT2D eigenvalue weighted by Gasteiger charge is -2.20. The van der Waals surface area contributed by atoms with Gasteiger partial charge in [0.1, 0.15) is 18.2 Å². The number of amides is 1. The Morgan fingerprint density at radius 3 is 2.42 bits per heavy atom. The van der Waals surface area contributed by atoms with E-state index in [9.17, 15) is 22.4 Å². The Morgan fingerprint density at radius 2 is 1.85 bits per heavy atom. The second-order valence-corrected chi connectivity index (χ2v) is 6.60. The fourth-order valence-corrected chi connectivity index (χ4v) is 3.47. The van der Waals surface area contributed by atoms with E-state index in [1.54, 1.807) is 4.90 Å². The fourth-order valence-electron chi connectivity index (χ4n) is 3.47. The molecule has 0 aromatic heterocycles. The quantitative estimate of drug-likeness (QED) is 0.823. The smallest absolute Gasteiger partial charge is 0.444 e. The third-order valence-electron chi connectivity index (χ3n) is 4.89. The molecule has 2 heterocycles. The molecule has 26 heavy (non-hydrogen) atoms. The van der Waals surface area contributed by atoms with E-state index < -0.39 is 24.0 Å². The lowest BCUT2D eigenvalue weighted by atomic mass is 9.92. The lowest BCUT2D eigenvalue weighted by molar-refractivity contribution is -0.274. The maximum absolute atomic E-state index is 13.9. The number of rotatable bonds is 3. The van der Waals surface area contributed by atoms with Gasteiger partial charge in [-0.25, -0.2) is 9.18 Å². The molecular weight excluding hydrogens is 356 g/mol. The third-order valence-corrected chi connectivity index (χ3v) is 4.89. The molecule has 5 nitrogen and oxygen atoms in total. The maximum Gasteiger partial charge on any atom is 0.573 e. The highest BCUT2D eigenvalue weighted by molar-refractivity contribution is 5.67. The van der Waals surface area contributed by atoms with Crippen LogP contribution in [0.15, 0.2) is 18.2 Å². The van der Waals surface area contributed by atoms with Gasteiger partial charge in [-0.2, -0.15) is 0 Å². The van der Waals surface area contributed by atoms with Crippen LogP contribution in [0.4, 0.5) is 22.4 Å². The first-order chi connectivity index (χ1) is 12.3. The summed E-state index contributed by atoms with van der Waals surface area (Å²) in [6.07, 6.45) is -3.64. The number of alkyl halides is 3. The molecule has 2 aliphatic heterocycles. The van der Waals surface area contributed by atoms with Crippen LogP contribution in [0.5, 0.6) is 5.75 Å². The number of carbonyl (C=O) groups is 1. The zero-order valence-corrected chi connectivity index (χ0v) is 14.0. The summed E-state index contributed by atoms with van der Waals surface area (Å²) in [5, 5.41) is 3.35. The van der Waals surface area contributed by atoms with Crippen molar-refractivity contribution < 1.29 is 31.8 Å². The van der Waals surface area contributed by atoms with Crippen molar-refractivity contribution in [1.82, 2.24) is 10.2 Å². The van der Waals surface area contributed by atoms with Crippen molar-refractivity contribution >= 4 is 6.09 Å². The molecule has 1 amide bonds. The standard InChI is InChI=1S/C17H20F4N2O3/c18-15-7-14(26-17(19,20)21)2-1-13(15)10-25-16(24)23-5-3-11-8-22-9-12(11)4-6-23/h1-2,7,11-12,22H,3-6,8-10H2. The van der Waals surface area contributed by atoms with Crippen molar-refractivity contribution in [3.05, 3.63) is 29.6 Å². The molecule has 0 saturated carbocycles. The highest BCUT2D eigenvalue weighted by atomic mass is 19.4. The predicted molar refractivity (Wildman–Crippen MR) is 83.9 cm³/mol. The van der Waals surface area contributed by atoms with Gasteiger partial charge in [0.25, 0.3) is 0 Å². The number of hydrogen-bond acceptors (Lipinski definition) is 4. The van der Waals surface area contributed by atoms with Gasteiger partial charge in [-0.05, 0) is 49.9 Å². The molecule has 0 bridgehead atoms. The van der Waals surface area contributed by atoms with Crippen molar-refractivity contribution in [2.45, 2.75) is 25.8 Å². The molecule has 2 aliphatic rings. The van der Waals surface area contributed by atoms with Crippen LogP contribution in [0.2, 0.25) is 0 Å². The minimum atomic E-state index is -4.89. The SMILES string of the molecule is O=C(OCc1ccc(OC(F)(F)F)cc1F)N1CCC2CNCC2CC1. The molecule has 1 aromatic rings. The molecule has 2 fully saturated rings. The van der Waals surface area contributed by atoms with Crippen molar-refractivity contribution in [2.75, 3.05) is 26.2 Å². The first kappa shape index (κ1) is 18.8. The summed E-state index contributed by atoms with van der Waals surface area (Å²) in [6.45, 7) is 2.75. The molecule has 0 aliphatic carbocycles. The van der Waals surface area contributed by atoms with Gasteiger partial charge in [-0.3, -0.25) is 0 Å². The second-order valence-electron chi connectivity index (χ2n) is 6.60. The van der Waals surface area contributed by atoms with Gasteiger partial charge in [0.15, 0.2) is 0 Å².